The van der Waals surface area contributed by atoms with Crippen LogP contribution in [-0.4, -0.2) is 23.1 Å². The second-order valence-electron chi connectivity index (χ2n) is 6.56. The molecule has 0 aromatic carbocycles. The van der Waals surface area contributed by atoms with Crippen LogP contribution in [0.4, 0.5) is 4.39 Å². The van der Waals surface area contributed by atoms with Crippen molar-refractivity contribution in [1.82, 2.24) is 4.57 Å². The zero-order chi connectivity index (χ0) is 18.6. The Kier molecular flexibility index (Phi) is 5.68. The molecule has 0 aliphatic heterocycles. The molecule has 1 aliphatic rings. The summed E-state index contributed by atoms with van der Waals surface area (Å²) < 4.78 is 25.5. The molecular formula is C19H22FNO4. The highest BCUT2D eigenvalue weighted by atomic mass is 19.1. The van der Waals surface area contributed by atoms with Gasteiger partial charge in [0.05, 0.1) is 19.1 Å². The molecule has 1 aromatic rings. The number of terminal acetylenes is 1. The van der Waals surface area contributed by atoms with Crippen molar-refractivity contribution < 1.29 is 23.5 Å². The monoisotopic (exact) mass is 347 g/mol. The average molecular weight is 347 g/mol. The summed E-state index contributed by atoms with van der Waals surface area (Å²) in [5, 5.41) is 0. The van der Waals surface area contributed by atoms with Crippen molar-refractivity contribution >= 4 is 11.9 Å². The molecule has 134 valence electrons. The van der Waals surface area contributed by atoms with Crippen LogP contribution in [0.1, 0.15) is 26.3 Å². The Bertz CT molecular complexity index is 726. The summed E-state index contributed by atoms with van der Waals surface area (Å²) in [5.74, 6) is -0.748. The van der Waals surface area contributed by atoms with Gasteiger partial charge in [0.1, 0.15) is 6.61 Å². The Labute approximate surface area is 146 Å². The molecule has 0 N–H and O–H groups in total. The standard InChI is InChI=1S/C19H22FNO4/c1-5-8-21-9-7-13(11-21)12-25-18(23)16-14(19(16,3)4)10-15(20)17(22)24-6-2/h1,7,9-11,14,16H,6,8,12H2,2-4H3/b15-10+/t14-,16-/m1/s1. The first-order valence-corrected chi connectivity index (χ1v) is 8.10. The van der Waals surface area contributed by atoms with Gasteiger partial charge in [0, 0.05) is 18.0 Å². The van der Waals surface area contributed by atoms with Crippen molar-refractivity contribution in [3.05, 3.63) is 35.9 Å². The number of hydrogen-bond acceptors (Lipinski definition) is 4. The van der Waals surface area contributed by atoms with Gasteiger partial charge in [0.15, 0.2) is 0 Å². The van der Waals surface area contributed by atoms with Gasteiger partial charge in [-0.25, -0.2) is 4.79 Å². The number of ether oxygens (including phenoxy) is 2. The summed E-state index contributed by atoms with van der Waals surface area (Å²) in [6.07, 6.45) is 10.0. The van der Waals surface area contributed by atoms with E-state index in [1.54, 1.807) is 6.92 Å². The Morgan fingerprint density at radius 2 is 2.16 bits per heavy atom. The minimum absolute atomic E-state index is 0.0962. The van der Waals surface area contributed by atoms with Gasteiger partial charge in [-0.2, -0.15) is 4.39 Å². The maximum absolute atomic E-state index is 13.8. The van der Waals surface area contributed by atoms with Crippen molar-refractivity contribution in [3.63, 3.8) is 0 Å². The lowest BCUT2D eigenvalue weighted by molar-refractivity contribution is -0.147. The number of aromatic nitrogens is 1. The fourth-order valence-electron chi connectivity index (χ4n) is 2.89. The molecule has 0 amide bonds. The van der Waals surface area contributed by atoms with Gasteiger partial charge < -0.3 is 14.0 Å². The van der Waals surface area contributed by atoms with E-state index in [1.807, 2.05) is 36.9 Å². The van der Waals surface area contributed by atoms with Crippen LogP contribution in [-0.2, 0) is 32.2 Å². The maximum Gasteiger partial charge on any atom is 0.366 e. The molecule has 0 radical (unpaired) electrons. The summed E-state index contributed by atoms with van der Waals surface area (Å²) in [6.45, 7) is 5.94. The molecule has 1 aromatic heterocycles. The fourth-order valence-corrected chi connectivity index (χ4v) is 2.89. The van der Waals surface area contributed by atoms with Crippen LogP contribution in [0.15, 0.2) is 30.4 Å². The molecular weight excluding hydrogens is 325 g/mol. The van der Waals surface area contributed by atoms with Gasteiger partial charge in [0.25, 0.3) is 0 Å². The van der Waals surface area contributed by atoms with E-state index in [0.29, 0.717) is 6.54 Å². The number of nitrogens with zero attached hydrogens (tertiary/aromatic N) is 1. The van der Waals surface area contributed by atoms with Crippen LogP contribution >= 0.6 is 0 Å². The first kappa shape index (κ1) is 18.8. The van der Waals surface area contributed by atoms with Gasteiger partial charge in [-0.15, -0.1) is 6.42 Å². The number of esters is 2. The number of halogens is 1. The summed E-state index contributed by atoms with van der Waals surface area (Å²) >= 11 is 0. The summed E-state index contributed by atoms with van der Waals surface area (Å²) in [4.78, 5) is 23.6. The fraction of sp³-hybridized carbons (Fsp3) is 0.474. The van der Waals surface area contributed by atoms with Crippen LogP contribution in [0, 0.1) is 29.6 Å². The zero-order valence-corrected chi connectivity index (χ0v) is 14.6. The molecule has 0 spiro atoms. The topological polar surface area (TPSA) is 57.5 Å². The summed E-state index contributed by atoms with van der Waals surface area (Å²) in [6, 6.07) is 1.82. The van der Waals surface area contributed by atoms with E-state index in [1.165, 1.54) is 0 Å². The molecule has 1 fully saturated rings. The Morgan fingerprint density at radius 3 is 2.80 bits per heavy atom. The number of allylic oxidation sites excluding steroid dienone is 1. The summed E-state index contributed by atoms with van der Waals surface area (Å²) in [5.41, 5.74) is 0.364. The normalized spacial score (nSPS) is 21.3. The molecule has 5 nitrogen and oxygen atoms in total. The first-order chi connectivity index (χ1) is 11.8. The molecule has 1 heterocycles. The SMILES string of the molecule is C#CCn1ccc(COC(=O)[C@H]2[C@@H](/C=C(/F)C(=O)OCC)C2(C)C)c1. The number of rotatable bonds is 7. The zero-order valence-electron chi connectivity index (χ0n) is 14.6. The molecule has 2 rings (SSSR count). The minimum Gasteiger partial charge on any atom is -0.461 e. The molecule has 1 aliphatic carbocycles. The van der Waals surface area contributed by atoms with Crippen molar-refractivity contribution in [2.45, 2.75) is 33.9 Å². The second-order valence-corrected chi connectivity index (χ2v) is 6.56. The van der Waals surface area contributed by atoms with E-state index >= 15 is 0 Å². The number of hydrogen-bond donors (Lipinski definition) is 0. The third kappa shape index (κ3) is 4.30. The van der Waals surface area contributed by atoms with E-state index < -0.39 is 35.0 Å². The van der Waals surface area contributed by atoms with E-state index in [0.717, 1.165) is 11.6 Å². The Hall–Kier alpha value is -2.55. The highest BCUT2D eigenvalue weighted by Gasteiger charge is 2.62. The van der Waals surface area contributed by atoms with E-state index in [4.69, 9.17) is 11.2 Å². The lowest BCUT2D eigenvalue weighted by Crippen LogP contribution is -2.10. The van der Waals surface area contributed by atoms with Gasteiger partial charge in [-0.05, 0) is 30.4 Å². The molecule has 0 unspecified atom stereocenters. The van der Waals surface area contributed by atoms with Crippen molar-refractivity contribution in [2.24, 2.45) is 17.3 Å². The summed E-state index contributed by atoms with van der Waals surface area (Å²) in [7, 11) is 0. The largest absolute Gasteiger partial charge is 0.461 e. The van der Waals surface area contributed by atoms with Crippen LogP contribution < -0.4 is 0 Å². The molecule has 25 heavy (non-hydrogen) atoms. The minimum atomic E-state index is -1.01. The average Bonchev–Trinajstić information content (AvgIpc) is 2.89. The lowest BCUT2D eigenvalue weighted by Gasteiger charge is -2.04. The Balaban J connectivity index is 1.94. The molecule has 0 saturated heterocycles. The molecule has 0 bridgehead atoms. The van der Waals surface area contributed by atoms with Crippen LogP contribution in [0.25, 0.3) is 0 Å². The van der Waals surface area contributed by atoms with Crippen LogP contribution in [0.3, 0.4) is 0 Å². The van der Waals surface area contributed by atoms with E-state index in [-0.39, 0.29) is 13.2 Å². The molecule has 1 saturated carbocycles. The first-order valence-electron chi connectivity index (χ1n) is 8.10. The smallest absolute Gasteiger partial charge is 0.366 e. The second kappa shape index (κ2) is 7.56. The van der Waals surface area contributed by atoms with Gasteiger partial charge in [0.2, 0.25) is 5.83 Å². The van der Waals surface area contributed by atoms with E-state index in [9.17, 15) is 14.0 Å². The third-order valence-corrected chi connectivity index (χ3v) is 4.43. The molecule has 6 heteroatoms. The number of carbonyl (C=O) groups is 2. The van der Waals surface area contributed by atoms with Crippen molar-refractivity contribution in [2.75, 3.05) is 6.61 Å². The van der Waals surface area contributed by atoms with Crippen molar-refractivity contribution in [1.29, 1.82) is 0 Å². The van der Waals surface area contributed by atoms with E-state index in [2.05, 4.69) is 10.7 Å². The quantitative estimate of drug-likeness (QED) is 0.432. The maximum atomic E-state index is 13.8. The lowest BCUT2D eigenvalue weighted by atomic mass is 10.1. The van der Waals surface area contributed by atoms with Crippen LogP contribution in [0.5, 0.6) is 0 Å². The molecule has 2 atom stereocenters. The predicted octanol–water partition coefficient (Wildman–Crippen LogP) is 2.85. The highest BCUT2D eigenvalue weighted by molar-refractivity contribution is 5.86. The van der Waals surface area contributed by atoms with Crippen LogP contribution in [0.2, 0.25) is 0 Å². The predicted molar refractivity (Wildman–Crippen MR) is 89.6 cm³/mol. The van der Waals surface area contributed by atoms with Crippen molar-refractivity contribution in [3.8, 4) is 12.3 Å². The van der Waals surface area contributed by atoms with Gasteiger partial charge in [-0.3, -0.25) is 4.79 Å². The Morgan fingerprint density at radius 1 is 1.44 bits per heavy atom. The highest BCUT2D eigenvalue weighted by Crippen LogP contribution is 2.60. The third-order valence-electron chi connectivity index (χ3n) is 4.43. The van der Waals surface area contributed by atoms with Gasteiger partial charge in [-0.1, -0.05) is 19.8 Å². The number of carbonyl (C=O) groups excluding carboxylic acids is 2. The van der Waals surface area contributed by atoms with Gasteiger partial charge >= 0.3 is 11.9 Å².